The highest BCUT2D eigenvalue weighted by atomic mass is 13.8. The Hall–Kier alpha value is -1.56. The number of benzene rings is 2. The molecule has 2 aromatic rings. The predicted molar refractivity (Wildman–Crippen MR) is 167 cm³/mol. The van der Waals surface area contributed by atoms with Gasteiger partial charge in [-0.25, -0.2) is 0 Å². The van der Waals surface area contributed by atoms with Crippen LogP contribution in [0.25, 0.3) is 0 Å². The van der Waals surface area contributed by atoms with Crippen LogP contribution in [0.4, 0.5) is 0 Å². The van der Waals surface area contributed by atoms with Gasteiger partial charge in [-0.1, -0.05) is 209 Å². The van der Waals surface area contributed by atoms with Gasteiger partial charge in [0.2, 0.25) is 0 Å². The van der Waals surface area contributed by atoms with Gasteiger partial charge in [0.05, 0.1) is 0 Å². The van der Waals surface area contributed by atoms with Crippen molar-refractivity contribution in [1.29, 1.82) is 0 Å². The number of aryl methyl sites for hydroxylation is 1. The van der Waals surface area contributed by atoms with E-state index < -0.39 is 0 Å². The Kier molecular flexibility index (Phi) is 157. The number of hydrogen-bond acceptors (Lipinski definition) is 0. The fourth-order valence-electron chi connectivity index (χ4n) is 0.919. The van der Waals surface area contributed by atoms with E-state index in [-0.39, 0.29) is 0 Å². The molecule has 0 N–H and O–H groups in total. The van der Waals surface area contributed by atoms with Crippen molar-refractivity contribution in [1.82, 2.24) is 0 Å². The summed E-state index contributed by atoms with van der Waals surface area (Å²) in [5.41, 5.74) is 1.32. The summed E-state index contributed by atoms with van der Waals surface area (Å²) in [6.45, 7) is 35.1. The minimum atomic E-state index is 1.25. The molecule has 0 bridgehead atoms. The molecule has 0 nitrogen and oxygen atoms in total. The van der Waals surface area contributed by atoms with Crippen molar-refractivity contribution in [2.75, 3.05) is 0 Å². The Labute approximate surface area is 215 Å². The molecule has 0 amide bonds. The summed E-state index contributed by atoms with van der Waals surface area (Å²) >= 11 is 0. The molecule has 0 aliphatic carbocycles. The van der Waals surface area contributed by atoms with E-state index in [0.29, 0.717) is 0 Å². The highest BCUT2D eigenvalue weighted by Crippen LogP contribution is 1.92. The second-order valence-corrected chi connectivity index (χ2v) is 5.64. The van der Waals surface area contributed by atoms with Gasteiger partial charge < -0.3 is 0 Å². The molecule has 202 valence electrons. The molecule has 0 saturated heterocycles. The number of rotatable bonds is 0. The van der Waals surface area contributed by atoms with Crippen LogP contribution in [0, 0.1) is 6.92 Å². The minimum Gasteiger partial charge on any atom is -0.0683 e. The van der Waals surface area contributed by atoms with Gasteiger partial charge in [0.15, 0.2) is 0 Å². The van der Waals surface area contributed by atoms with Crippen LogP contribution in [0.15, 0.2) is 66.7 Å². The molecule has 33 heavy (non-hydrogen) atoms. The Morgan fingerprint density at radius 2 is 0.455 bits per heavy atom. The third kappa shape index (κ3) is 159. The molecule has 0 aliphatic heterocycles. The third-order valence-corrected chi connectivity index (χ3v) is 1.61. The van der Waals surface area contributed by atoms with Crippen LogP contribution in [-0.4, -0.2) is 0 Å². The molecule has 0 fully saturated rings. The standard InChI is InChI=1S/C7H8.C6H6.4C3H8.4C2H6/c1-7-5-3-2-4-6-7;1-2-4-6-5-3-1;4*1-3-2;4*1-2/h2-6H,1H3;1-6H;4*3H2,1-2H3;4*1-2H3. The molecule has 0 radical (unpaired) electrons. The molecule has 0 heteroatoms. The zero-order chi connectivity index (χ0) is 28.2. The summed E-state index contributed by atoms with van der Waals surface area (Å²) in [7, 11) is 0. The topological polar surface area (TPSA) is 0 Å². The Morgan fingerprint density at radius 3 is 0.545 bits per heavy atom. The van der Waals surface area contributed by atoms with Crippen LogP contribution in [0.1, 0.15) is 142 Å². The quantitative estimate of drug-likeness (QED) is 0.362. The molecule has 0 unspecified atom stereocenters. The molecule has 0 aromatic heterocycles. The molecular weight excluding hydrogens is 396 g/mol. The molecule has 0 spiro atoms. The van der Waals surface area contributed by atoms with Crippen molar-refractivity contribution < 1.29 is 0 Å². The average Bonchev–Trinajstić information content (AvgIpc) is 2.88. The van der Waals surface area contributed by atoms with Crippen molar-refractivity contribution in [3.05, 3.63) is 72.3 Å². The summed E-state index contributed by atoms with van der Waals surface area (Å²) in [4.78, 5) is 0. The second-order valence-electron chi connectivity index (χ2n) is 5.64. The molecule has 0 aliphatic rings. The minimum absolute atomic E-state index is 1.25. The number of hydrogen-bond donors (Lipinski definition) is 0. The zero-order valence-corrected chi connectivity index (χ0v) is 26.7. The summed E-state index contributed by atoms with van der Waals surface area (Å²) in [6.07, 6.45) is 5.00. The maximum Gasteiger partial charge on any atom is -0.0398 e. The van der Waals surface area contributed by atoms with E-state index in [1.54, 1.807) is 0 Å². The molecule has 2 rings (SSSR count). The van der Waals surface area contributed by atoms with Crippen LogP contribution < -0.4 is 0 Å². The largest absolute Gasteiger partial charge is 0.0683 e. The van der Waals surface area contributed by atoms with Crippen LogP contribution in [0.5, 0.6) is 0 Å². The van der Waals surface area contributed by atoms with E-state index in [2.05, 4.69) is 74.4 Å². The van der Waals surface area contributed by atoms with Crippen molar-refractivity contribution in [3.8, 4) is 0 Å². The van der Waals surface area contributed by atoms with Gasteiger partial charge in [0, 0.05) is 0 Å². The van der Waals surface area contributed by atoms with Crippen LogP contribution in [-0.2, 0) is 0 Å². The lowest BCUT2D eigenvalue weighted by molar-refractivity contribution is 1.09. The first-order valence-electron chi connectivity index (χ1n) is 14.1. The van der Waals surface area contributed by atoms with E-state index in [0.717, 1.165) is 0 Å². The molecule has 0 heterocycles. The fraction of sp³-hybridized carbons (Fsp3) is 0.636. The van der Waals surface area contributed by atoms with Crippen molar-refractivity contribution in [2.45, 2.75) is 143 Å². The Morgan fingerprint density at radius 1 is 0.333 bits per heavy atom. The van der Waals surface area contributed by atoms with Gasteiger partial charge >= 0.3 is 0 Å². The van der Waals surface area contributed by atoms with Gasteiger partial charge in [0.1, 0.15) is 0 Å². The normalized spacial score (nSPS) is 6.21. The fourth-order valence-corrected chi connectivity index (χ4v) is 0.919. The summed E-state index contributed by atoms with van der Waals surface area (Å²) in [6, 6.07) is 22.3. The monoisotopic (exact) mass is 467 g/mol. The lowest BCUT2D eigenvalue weighted by Crippen LogP contribution is -1.62. The molecular formula is C33H70. The van der Waals surface area contributed by atoms with Gasteiger partial charge in [-0.05, 0) is 6.92 Å². The maximum atomic E-state index is 2.12. The third-order valence-electron chi connectivity index (χ3n) is 1.61. The van der Waals surface area contributed by atoms with Crippen molar-refractivity contribution in [2.24, 2.45) is 0 Å². The predicted octanol–water partition coefficient (Wildman–Crippen LogP) is 13.5. The SMILES string of the molecule is CC.CC.CC.CC.CCC.CCC.CCC.CCC.Cc1ccccc1.c1ccccc1. The van der Waals surface area contributed by atoms with Gasteiger partial charge in [-0.3, -0.25) is 0 Å². The highest BCUT2D eigenvalue weighted by molar-refractivity contribution is 5.11. The molecule has 0 saturated carbocycles. The van der Waals surface area contributed by atoms with E-state index in [1.807, 2.05) is 110 Å². The average molecular weight is 467 g/mol. The first-order valence-corrected chi connectivity index (χ1v) is 14.1. The molecule has 2 aromatic carbocycles. The first-order chi connectivity index (χ1) is 16.1. The first kappa shape index (κ1) is 53.0. The van der Waals surface area contributed by atoms with Crippen LogP contribution >= 0.6 is 0 Å². The van der Waals surface area contributed by atoms with E-state index in [9.17, 15) is 0 Å². The van der Waals surface area contributed by atoms with Crippen LogP contribution in [0.3, 0.4) is 0 Å². The maximum absolute atomic E-state index is 2.12. The summed E-state index contributed by atoms with van der Waals surface area (Å²) in [5, 5.41) is 0. The summed E-state index contributed by atoms with van der Waals surface area (Å²) in [5.74, 6) is 0. The lowest BCUT2D eigenvalue weighted by Gasteiger charge is -1.82. The van der Waals surface area contributed by atoms with E-state index in [1.165, 1.54) is 31.2 Å². The van der Waals surface area contributed by atoms with E-state index in [4.69, 9.17) is 0 Å². The Bertz CT molecular complexity index is 316. The van der Waals surface area contributed by atoms with Gasteiger partial charge in [-0.15, -0.1) is 0 Å². The van der Waals surface area contributed by atoms with Gasteiger partial charge in [-0.2, -0.15) is 0 Å². The Balaban J connectivity index is -0.0000000370. The van der Waals surface area contributed by atoms with Crippen molar-refractivity contribution >= 4 is 0 Å². The lowest BCUT2D eigenvalue weighted by atomic mass is 10.2. The summed E-state index contributed by atoms with van der Waals surface area (Å²) < 4.78 is 0. The van der Waals surface area contributed by atoms with Crippen molar-refractivity contribution in [3.63, 3.8) is 0 Å². The molecule has 0 atom stereocenters. The smallest absolute Gasteiger partial charge is 0.0398 e. The van der Waals surface area contributed by atoms with E-state index >= 15 is 0 Å². The van der Waals surface area contributed by atoms with Gasteiger partial charge in [0.25, 0.3) is 0 Å². The highest BCUT2D eigenvalue weighted by Gasteiger charge is 1.72. The zero-order valence-electron chi connectivity index (χ0n) is 26.7. The van der Waals surface area contributed by atoms with Crippen LogP contribution in [0.2, 0.25) is 0 Å². The second kappa shape index (κ2) is 97.6.